The molecule has 0 spiro atoms. The van der Waals surface area contributed by atoms with Gasteiger partial charge in [-0.3, -0.25) is 4.90 Å². The van der Waals surface area contributed by atoms with Crippen molar-refractivity contribution < 1.29 is 24.1 Å². The lowest BCUT2D eigenvalue weighted by Gasteiger charge is -2.42. The summed E-state index contributed by atoms with van der Waals surface area (Å²) in [6, 6.07) is 13.1. The summed E-state index contributed by atoms with van der Waals surface area (Å²) in [5, 5.41) is 19.1. The van der Waals surface area contributed by atoms with Gasteiger partial charge < -0.3 is 14.9 Å². The standard InChI is InChI=1S/C20H22FNO4/c21-18-6-2-3-15(10-18)11-20(14-23)13-22(7-8-26-20)12-16-4-1-5-17(9-16)19(24)25/h1-6,9-10,23H,7-8,11-14H2,(H,24,25)/t20-/m1/s1. The molecule has 2 aromatic rings. The third-order valence-electron chi connectivity index (χ3n) is 4.61. The first-order valence-corrected chi connectivity index (χ1v) is 8.53. The van der Waals surface area contributed by atoms with E-state index in [-0.39, 0.29) is 18.0 Å². The molecule has 1 saturated heterocycles. The molecule has 1 heterocycles. The Morgan fingerprint density at radius 2 is 1.96 bits per heavy atom. The molecule has 2 N–H and O–H groups in total. The Labute approximate surface area is 151 Å². The molecule has 138 valence electrons. The number of aliphatic hydroxyl groups excluding tert-OH is 1. The fourth-order valence-electron chi connectivity index (χ4n) is 3.40. The van der Waals surface area contributed by atoms with E-state index in [4.69, 9.17) is 9.84 Å². The van der Waals surface area contributed by atoms with Crippen molar-refractivity contribution in [1.29, 1.82) is 0 Å². The molecule has 1 fully saturated rings. The normalized spacial score (nSPS) is 20.8. The first-order valence-electron chi connectivity index (χ1n) is 8.53. The number of benzene rings is 2. The summed E-state index contributed by atoms with van der Waals surface area (Å²) >= 11 is 0. The van der Waals surface area contributed by atoms with E-state index in [0.29, 0.717) is 32.7 Å². The second kappa shape index (κ2) is 7.95. The first kappa shape index (κ1) is 18.5. The first-order chi connectivity index (χ1) is 12.5. The van der Waals surface area contributed by atoms with Crippen molar-refractivity contribution in [1.82, 2.24) is 4.90 Å². The van der Waals surface area contributed by atoms with Gasteiger partial charge >= 0.3 is 5.97 Å². The molecule has 3 rings (SSSR count). The summed E-state index contributed by atoms with van der Waals surface area (Å²) in [5.41, 5.74) is 1.12. The summed E-state index contributed by atoms with van der Waals surface area (Å²) < 4.78 is 19.3. The molecule has 26 heavy (non-hydrogen) atoms. The number of carboxylic acids is 1. The van der Waals surface area contributed by atoms with Gasteiger partial charge in [0.2, 0.25) is 0 Å². The fourth-order valence-corrected chi connectivity index (χ4v) is 3.40. The Hall–Kier alpha value is -2.28. The summed E-state index contributed by atoms with van der Waals surface area (Å²) in [5.74, 6) is -1.27. The number of hydrogen-bond donors (Lipinski definition) is 2. The number of aromatic carboxylic acids is 1. The molecule has 0 bridgehead atoms. The minimum atomic E-state index is -0.954. The van der Waals surface area contributed by atoms with Crippen LogP contribution in [-0.4, -0.2) is 53.0 Å². The number of rotatable bonds is 6. The van der Waals surface area contributed by atoms with E-state index in [9.17, 15) is 14.3 Å². The molecular formula is C20H22FNO4. The third kappa shape index (κ3) is 4.46. The SMILES string of the molecule is O=C(O)c1cccc(CN2CCO[C@](CO)(Cc3cccc(F)c3)C2)c1. The van der Waals surface area contributed by atoms with Gasteiger partial charge in [-0.05, 0) is 35.4 Å². The van der Waals surface area contributed by atoms with Crippen LogP contribution in [0.25, 0.3) is 0 Å². The van der Waals surface area contributed by atoms with Crippen LogP contribution >= 0.6 is 0 Å². The van der Waals surface area contributed by atoms with Crippen LogP contribution in [0, 0.1) is 5.82 Å². The maximum atomic E-state index is 13.5. The molecule has 0 amide bonds. The maximum absolute atomic E-state index is 13.5. The minimum absolute atomic E-state index is 0.171. The monoisotopic (exact) mass is 359 g/mol. The minimum Gasteiger partial charge on any atom is -0.478 e. The molecule has 0 unspecified atom stereocenters. The van der Waals surface area contributed by atoms with Crippen molar-refractivity contribution >= 4 is 5.97 Å². The third-order valence-corrected chi connectivity index (χ3v) is 4.61. The Balaban J connectivity index is 1.72. The molecule has 1 aliphatic heterocycles. The second-order valence-corrected chi connectivity index (χ2v) is 6.71. The number of ether oxygens (including phenoxy) is 1. The Morgan fingerprint density at radius 1 is 1.19 bits per heavy atom. The van der Waals surface area contributed by atoms with Gasteiger partial charge in [-0.25, -0.2) is 9.18 Å². The van der Waals surface area contributed by atoms with E-state index in [2.05, 4.69) is 4.90 Å². The largest absolute Gasteiger partial charge is 0.478 e. The zero-order valence-corrected chi connectivity index (χ0v) is 14.4. The summed E-state index contributed by atoms with van der Waals surface area (Å²) in [6.07, 6.45) is 0.410. The highest BCUT2D eigenvalue weighted by Crippen LogP contribution is 2.24. The molecule has 0 saturated carbocycles. The highest BCUT2D eigenvalue weighted by atomic mass is 19.1. The van der Waals surface area contributed by atoms with Crippen LogP contribution in [0.1, 0.15) is 21.5 Å². The zero-order valence-electron chi connectivity index (χ0n) is 14.4. The van der Waals surface area contributed by atoms with Crippen LogP contribution in [0.2, 0.25) is 0 Å². The highest BCUT2D eigenvalue weighted by Gasteiger charge is 2.36. The quantitative estimate of drug-likeness (QED) is 0.828. The van der Waals surface area contributed by atoms with Crippen LogP contribution in [0.4, 0.5) is 4.39 Å². The van der Waals surface area contributed by atoms with Crippen molar-refractivity contribution in [2.45, 2.75) is 18.6 Å². The molecule has 6 heteroatoms. The topological polar surface area (TPSA) is 70.0 Å². The number of nitrogens with zero attached hydrogens (tertiary/aromatic N) is 1. The van der Waals surface area contributed by atoms with Crippen molar-refractivity contribution in [3.63, 3.8) is 0 Å². The summed E-state index contributed by atoms with van der Waals surface area (Å²) in [7, 11) is 0. The van der Waals surface area contributed by atoms with Crippen molar-refractivity contribution in [3.8, 4) is 0 Å². The van der Waals surface area contributed by atoms with Crippen LogP contribution in [-0.2, 0) is 17.7 Å². The lowest BCUT2D eigenvalue weighted by atomic mass is 9.93. The summed E-state index contributed by atoms with van der Waals surface area (Å²) in [4.78, 5) is 13.3. The van der Waals surface area contributed by atoms with Crippen LogP contribution < -0.4 is 0 Å². The van der Waals surface area contributed by atoms with Gasteiger partial charge in [-0.15, -0.1) is 0 Å². The number of hydrogen-bond acceptors (Lipinski definition) is 4. The van der Waals surface area contributed by atoms with Gasteiger partial charge in [0.15, 0.2) is 0 Å². The van der Waals surface area contributed by atoms with Gasteiger partial charge in [0.25, 0.3) is 0 Å². The van der Waals surface area contributed by atoms with E-state index in [1.807, 2.05) is 12.1 Å². The van der Waals surface area contributed by atoms with Gasteiger partial charge in [-0.1, -0.05) is 24.3 Å². The lowest BCUT2D eigenvalue weighted by molar-refractivity contribution is -0.134. The van der Waals surface area contributed by atoms with Gasteiger partial charge in [0.1, 0.15) is 11.4 Å². The van der Waals surface area contributed by atoms with Gasteiger partial charge in [0, 0.05) is 26.1 Å². The number of aliphatic hydroxyl groups is 1. The molecule has 0 radical (unpaired) electrons. The van der Waals surface area contributed by atoms with Crippen LogP contribution in [0.15, 0.2) is 48.5 Å². The molecule has 5 nitrogen and oxygen atoms in total. The predicted octanol–water partition coefficient (Wildman–Crippen LogP) is 2.33. The van der Waals surface area contributed by atoms with E-state index < -0.39 is 11.6 Å². The highest BCUT2D eigenvalue weighted by molar-refractivity contribution is 5.87. The van der Waals surface area contributed by atoms with E-state index in [0.717, 1.165) is 11.1 Å². The Kier molecular flexibility index (Phi) is 5.66. The van der Waals surface area contributed by atoms with E-state index in [1.54, 1.807) is 24.3 Å². The van der Waals surface area contributed by atoms with Crippen molar-refractivity contribution in [2.75, 3.05) is 26.3 Å². The van der Waals surface area contributed by atoms with E-state index in [1.165, 1.54) is 12.1 Å². The number of morpholine rings is 1. The lowest BCUT2D eigenvalue weighted by Crippen LogP contribution is -2.55. The fraction of sp³-hybridized carbons (Fsp3) is 0.350. The van der Waals surface area contributed by atoms with E-state index >= 15 is 0 Å². The molecule has 1 aliphatic rings. The van der Waals surface area contributed by atoms with Crippen LogP contribution in [0.3, 0.4) is 0 Å². The van der Waals surface area contributed by atoms with Crippen LogP contribution in [0.5, 0.6) is 0 Å². The average Bonchev–Trinajstić information content (AvgIpc) is 2.62. The van der Waals surface area contributed by atoms with Gasteiger partial charge in [0.05, 0.1) is 18.8 Å². The molecule has 2 aromatic carbocycles. The molecule has 1 atom stereocenters. The number of carbonyl (C=O) groups is 1. The maximum Gasteiger partial charge on any atom is 0.335 e. The smallest absolute Gasteiger partial charge is 0.335 e. The predicted molar refractivity (Wildman–Crippen MR) is 94.6 cm³/mol. The van der Waals surface area contributed by atoms with Crippen molar-refractivity contribution in [3.05, 3.63) is 71.0 Å². The molecule has 0 aromatic heterocycles. The zero-order chi connectivity index (χ0) is 18.6. The summed E-state index contributed by atoms with van der Waals surface area (Å²) in [6.45, 7) is 2.01. The average molecular weight is 359 g/mol. The van der Waals surface area contributed by atoms with Gasteiger partial charge in [-0.2, -0.15) is 0 Å². The van der Waals surface area contributed by atoms with Crippen molar-refractivity contribution in [2.24, 2.45) is 0 Å². The Bertz CT molecular complexity index is 782. The number of carboxylic acid groups (broad SMARTS) is 1. The molecular weight excluding hydrogens is 337 g/mol. The second-order valence-electron chi connectivity index (χ2n) is 6.71. The number of halogens is 1. The molecule has 0 aliphatic carbocycles. The Morgan fingerprint density at radius 3 is 2.69 bits per heavy atom.